The summed E-state index contributed by atoms with van der Waals surface area (Å²) in [6.45, 7) is 2.27. The van der Waals surface area contributed by atoms with Crippen molar-refractivity contribution in [2.75, 3.05) is 23.8 Å². The molecule has 1 saturated heterocycles. The number of nitrogens with zero attached hydrogens (tertiary/aromatic N) is 2. The molecule has 1 atom stereocenters. The van der Waals surface area contributed by atoms with E-state index in [1.165, 1.54) is 0 Å². The van der Waals surface area contributed by atoms with Crippen LogP contribution in [0, 0.1) is 0 Å². The van der Waals surface area contributed by atoms with Crippen molar-refractivity contribution in [3.63, 3.8) is 0 Å². The van der Waals surface area contributed by atoms with Crippen molar-refractivity contribution in [1.29, 1.82) is 0 Å². The first-order valence-electron chi connectivity index (χ1n) is 6.50. The van der Waals surface area contributed by atoms with Crippen molar-refractivity contribution < 1.29 is 8.42 Å². The second-order valence-corrected chi connectivity index (χ2v) is 8.08. The topological polar surface area (TPSA) is 75.8 Å². The zero-order chi connectivity index (χ0) is 14.6. The summed E-state index contributed by atoms with van der Waals surface area (Å²) >= 11 is 1.64. The number of benzene rings is 1. The summed E-state index contributed by atoms with van der Waals surface area (Å²) < 4.78 is 24.3. The minimum Gasteiger partial charge on any atom is -0.369 e. The Bertz CT molecular complexity index is 573. The standard InChI is InChI=1S/C13H19N3O2S2/c1-2-20(17,18)12-10-19-9-8-16(12)13(14)15-11-6-4-3-5-7-11/h3-7,12H,2,8-10H2,1H3,(H2,14,15). The minimum absolute atomic E-state index is 0.118. The molecule has 1 aliphatic rings. The van der Waals surface area contributed by atoms with Crippen molar-refractivity contribution in [3.8, 4) is 0 Å². The van der Waals surface area contributed by atoms with Crippen molar-refractivity contribution in [2.24, 2.45) is 10.7 Å². The number of hydrogen-bond donors (Lipinski definition) is 1. The number of hydrogen-bond acceptors (Lipinski definition) is 4. The molecule has 0 aromatic heterocycles. The van der Waals surface area contributed by atoms with Gasteiger partial charge in [-0.25, -0.2) is 13.4 Å². The van der Waals surface area contributed by atoms with E-state index in [1.807, 2.05) is 30.3 Å². The van der Waals surface area contributed by atoms with Gasteiger partial charge in [0.05, 0.1) is 5.69 Å². The third-order valence-corrected chi connectivity index (χ3v) is 6.48. The summed E-state index contributed by atoms with van der Waals surface area (Å²) in [5.74, 6) is 1.80. The maximum absolute atomic E-state index is 12.2. The second kappa shape index (κ2) is 6.49. The van der Waals surface area contributed by atoms with Gasteiger partial charge in [0.15, 0.2) is 15.8 Å². The first-order valence-corrected chi connectivity index (χ1v) is 9.37. The van der Waals surface area contributed by atoms with E-state index in [-0.39, 0.29) is 11.7 Å². The Kier molecular flexibility index (Phi) is 4.93. The quantitative estimate of drug-likeness (QED) is 0.675. The van der Waals surface area contributed by atoms with Gasteiger partial charge in [0.25, 0.3) is 0 Å². The molecule has 1 fully saturated rings. The lowest BCUT2D eigenvalue weighted by Crippen LogP contribution is -2.53. The average molecular weight is 313 g/mol. The van der Waals surface area contributed by atoms with Gasteiger partial charge in [-0.2, -0.15) is 11.8 Å². The fourth-order valence-corrected chi connectivity index (χ4v) is 5.01. The maximum Gasteiger partial charge on any atom is 0.197 e. The summed E-state index contributed by atoms with van der Waals surface area (Å²) in [4.78, 5) is 6.04. The van der Waals surface area contributed by atoms with Crippen molar-refractivity contribution in [1.82, 2.24) is 4.90 Å². The lowest BCUT2D eigenvalue weighted by Gasteiger charge is -2.35. The lowest BCUT2D eigenvalue weighted by molar-refractivity contribution is 0.405. The third-order valence-electron chi connectivity index (χ3n) is 3.20. The van der Waals surface area contributed by atoms with Gasteiger partial charge in [0.1, 0.15) is 5.37 Å². The lowest BCUT2D eigenvalue weighted by atomic mass is 10.3. The average Bonchev–Trinajstić information content (AvgIpc) is 2.48. The van der Waals surface area contributed by atoms with Crippen LogP contribution in [0.1, 0.15) is 6.92 Å². The van der Waals surface area contributed by atoms with E-state index in [1.54, 1.807) is 23.6 Å². The molecule has 0 bridgehead atoms. The SMILES string of the molecule is CCS(=O)(=O)C1CSCCN1C(N)=Nc1ccccc1. The molecule has 0 aliphatic carbocycles. The molecule has 7 heteroatoms. The summed E-state index contributed by atoms with van der Waals surface area (Å²) in [5.41, 5.74) is 6.76. The highest BCUT2D eigenvalue weighted by Crippen LogP contribution is 2.22. The van der Waals surface area contributed by atoms with E-state index in [2.05, 4.69) is 4.99 Å². The Morgan fingerprint density at radius 1 is 1.45 bits per heavy atom. The van der Waals surface area contributed by atoms with Crippen LogP contribution in [-0.4, -0.2) is 48.5 Å². The highest BCUT2D eigenvalue weighted by molar-refractivity contribution is 8.01. The molecule has 1 unspecified atom stereocenters. The summed E-state index contributed by atoms with van der Waals surface area (Å²) in [6.07, 6.45) is 0. The Morgan fingerprint density at radius 2 is 2.15 bits per heavy atom. The molecule has 1 heterocycles. The van der Waals surface area contributed by atoms with Crippen molar-refractivity contribution in [3.05, 3.63) is 30.3 Å². The summed E-state index contributed by atoms with van der Waals surface area (Å²) in [5, 5.41) is -0.571. The van der Waals surface area contributed by atoms with Gasteiger partial charge in [0.2, 0.25) is 0 Å². The predicted octanol–water partition coefficient (Wildman–Crippen LogP) is 1.44. The van der Waals surface area contributed by atoms with Crippen molar-refractivity contribution >= 4 is 33.2 Å². The van der Waals surface area contributed by atoms with Crippen LogP contribution in [0.4, 0.5) is 5.69 Å². The van der Waals surface area contributed by atoms with Crippen molar-refractivity contribution in [2.45, 2.75) is 12.3 Å². The number of para-hydroxylation sites is 1. The van der Waals surface area contributed by atoms with Gasteiger partial charge in [-0.15, -0.1) is 0 Å². The Labute approximate surface area is 124 Å². The Morgan fingerprint density at radius 3 is 2.80 bits per heavy atom. The van der Waals surface area contributed by atoms with Crippen LogP contribution in [0.15, 0.2) is 35.3 Å². The monoisotopic (exact) mass is 313 g/mol. The number of aliphatic imine (C=N–C) groups is 1. The Balaban J connectivity index is 2.26. The molecular weight excluding hydrogens is 294 g/mol. The van der Waals surface area contributed by atoms with Gasteiger partial charge in [-0.1, -0.05) is 25.1 Å². The van der Waals surface area contributed by atoms with Crippen LogP contribution in [0.3, 0.4) is 0 Å². The fraction of sp³-hybridized carbons (Fsp3) is 0.462. The molecule has 5 nitrogen and oxygen atoms in total. The first kappa shape index (κ1) is 15.2. The molecule has 0 saturated carbocycles. The molecule has 2 N–H and O–H groups in total. The van der Waals surface area contributed by atoms with Gasteiger partial charge in [-0.05, 0) is 12.1 Å². The summed E-state index contributed by atoms with van der Waals surface area (Å²) in [7, 11) is -3.16. The first-order chi connectivity index (χ1) is 9.54. The minimum atomic E-state index is -3.16. The van der Waals surface area contributed by atoms with Crippen LogP contribution in [-0.2, 0) is 9.84 Å². The largest absolute Gasteiger partial charge is 0.369 e. The number of sulfone groups is 1. The molecule has 20 heavy (non-hydrogen) atoms. The van der Waals surface area contributed by atoms with E-state index >= 15 is 0 Å². The van der Waals surface area contributed by atoms with Crippen LogP contribution in [0.2, 0.25) is 0 Å². The predicted molar refractivity (Wildman–Crippen MR) is 85.0 cm³/mol. The highest BCUT2D eigenvalue weighted by Gasteiger charge is 2.33. The van der Waals surface area contributed by atoms with Crippen LogP contribution < -0.4 is 5.73 Å². The van der Waals surface area contributed by atoms with E-state index in [0.717, 1.165) is 11.4 Å². The van der Waals surface area contributed by atoms with E-state index < -0.39 is 15.2 Å². The van der Waals surface area contributed by atoms with Gasteiger partial charge in [0, 0.05) is 23.8 Å². The second-order valence-electron chi connectivity index (χ2n) is 4.48. The van der Waals surface area contributed by atoms with E-state index in [9.17, 15) is 8.42 Å². The van der Waals surface area contributed by atoms with Crippen LogP contribution in [0.5, 0.6) is 0 Å². The zero-order valence-corrected chi connectivity index (χ0v) is 13.0. The highest BCUT2D eigenvalue weighted by atomic mass is 32.2. The fourth-order valence-electron chi connectivity index (χ4n) is 2.03. The van der Waals surface area contributed by atoms with Gasteiger partial charge in [-0.3, -0.25) is 0 Å². The molecular formula is C13H19N3O2S2. The zero-order valence-electron chi connectivity index (χ0n) is 11.4. The third kappa shape index (κ3) is 3.46. The summed E-state index contributed by atoms with van der Waals surface area (Å²) in [6, 6.07) is 9.33. The Hall–Kier alpha value is -1.21. The smallest absolute Gasteiger partial charge is 0.197 e. The van der Waals surface area contributed by atoms with E-state index in [0.29, 0.717) is 12.3 Å². The molecule has 110 valence electrons. The number of nitrogens with two attached hydrogens (primary N) is 1. The van der Waals surface area contributed by atoms with Crippen LogP contribution in [0.25, 0.3) is 0 Å². The molecule has 0 radical (unpaired) electrons. The molecule has 0 spiro atoms. The number of thioether (sulfide) groups is 1. The maximum atomic E-state index is 12.2. The molecule has 0 amide bonds. The van der Waals surface area contributed by atoms with Gasteiger partial charge < -0.3 is 10.6 Å². The van der Waals surface area contributed by atoms with Crippen LogP contribution >= 0.6 is 11.8 Å². The van der Waals surface area contributed by atoms with Gasteiger partial charge >= 0.3 is 0 Å². The number of guanidine groups is 1. The van der Waals surface area contributed by atoms with E-state index in [4.69, 9.17) is 5.73 Å². The normalized spacial score (nSPS) is 20.9. The molecule has 1 aromatic carbocycles. The molecule has 2 rings (SSSR count). The number of rotatable bonds is 3. The molecule has 1 aliphatic heterocycles. The molecule has 1 aromatic rings.